The Labute approximate surface area is 213 Å². The van der Waals surface area contributed by atoms with Gasteiger partial charge in [-0.3, -0.25) is 9.59 Å². The van der Waals surface area contributed by atoms with Crippen LogP contribution < -0.4 is 15.6 Å². The molecule has 0 bridgehead atoms. The number of carbonyl (C=O) groups is 2. The standard InChI is InChI=1S/C27H27BrN4O3/c1-3-32(4-2)22-13-10-19(11-14-22)17-24(30-26(34)21-8-6-5-7-9-21)27(35)31-29-18-20-12-15-25(33)23(28)16-20/h5-18,33H,3-4H2,1-2H3,(H,30,34)(H,31,35)/b24-17-,29-18+. The zero-order valence-electron chi connectivity index (χ0n) is 19.5. The predicted molar refractivity (Wildman–Crippen MR) is 143 cm³/mol. The van der Waals surface area contributed by atoms with Gasteiger partial charge in [0.25, 0.3) is 11.8 Å². The monoisotopic (exact) mass is 534 g/mol. The fraction of sp³-hybridized carbons (Fsp3) is 0.148. The number of hydrogen-bond acceptors (Lipinski definition) is 5. The molecule has 0 heterocycles. The van der Waals surface area contributed by atoms with E-state index < -0.39 is 11.8 Å². The summed E-state index contributed by atoms with van der Waals surface area (Å²) in [6, 6.07) is 21.2. The highest BCUT2D eigenvalue weighted by Crippen LogP contribution is 2.23. The van der Waals surface area contributed by atoms with E-state index in [9.17, 15) is 14.7 Å². The van der Waals surface area contributed by atoms with Gasteiger partial charge in [-0.1, -0.05) is 30.3 Å². The molecule has 0 fully saturated rings. The number of phenols is 1. The van der Waals surface area contributed by atoms with Gasteiger partial charge < -0.3 is 15.3 Å². The average Bonchev–Trinajstić information content (AvgIpc) is 2.88. The van der Waals surface area contributed by atoms with Crippen molar-refractivity contribution in [2.24, 2.45) is 5.10 Å². The minimum Gasteiger partial charge on any atom is -0.507 e. The third kappa shape index (κ3) is 7.28. The Hall–Kier alpha value is -3.91. The van der Waals surface area contributed by atoms with Crippen LogP contribution in [-0.2, 0) is 4.79 Å². The van der Waals surface area contributed by atoms with Crippen LogP contribution in [-0.4, -0.2) is 36.2 Å². The van der Waals surface area contributed by atoms with Gasteiger partial charge >= 0.3 is 0 Å². The van der Waals surface area contributed by atoms with Gasteiger partial charge in [0.15, 0.2) is 0 Å². The number of nitrogens with one attached hydrogen (secondary N) is 2. The predicted octanol–water partition coefficient (Wildman–Crippen LogP) is 4.92. The van der Waals surface area contributed by atoms with Crippen molar-refractivity contribution in [3.63, 3.8) is 0 Å². The Balaban J connectivity index is 1.82. The molecule has 2 amide bonds. The van der Waals surface area contributed by atoms with Crippen LogP contribution in [0, 0.1) is 0 Å². The second kappa shape index (κ2) is 12.5. The molecule has 7 nitrogen and oxygen atoms in total. The molecule has 8 heteroatoms. The van der Waals surface area contributed by atoms with Crippen molar-refractivity contribution in [2.75, 3.05) is 18.0 Å². The van der Waals surface area contributed by atoms with Crippen LogP contribution in [0.1, 0.15) is 35.3 Å². The van der Waals surface area contributed by atoms with E-state index in [1.54, 1.807) is 42.5 Å². The third-order valence-corrected chi connectivity index (χ3v) is 5.85. The minimum absolute atomic E-state index is 0.0541. The number of hydrogen-bond donors (Lipinski definition) is 3. The van der Waals surface area contributed by atoms with Gasteiger partial charge in [0.2, 0.25) is 0 Å². The lowest BCUT2D eigenvalue weighted by molar-refractivity contribution is -0.117. The zero-order valence-corrected chi connectivity index (χ0v) is 21.1. The lowest BCUT2D eigenvalue weighted by atomic mass is 10.1. The van der Waals surface area contributed by atoms with E-state index >= 15 is 0 Å². The lowest BCUT2D eigenvalue weighted by Crippen LogP contribution is -2.32. The SMILES string of the molecule is CCN(CC)c1ccc(/C=C(\NC(=O)c2ccccc2)C(=O)N/N=C/c2ccc(O)c(Br)c2)cc1. The molecule has 0 unspecified atom stereocenters. The number of phenolic OH excluding ortho intramolecular Hbond substituents is 1. The summed E-state index contributed by atoms with van der Waals surface area (Å²) in [6.45, 7) is 5.97. The van der Waals surface area contributed by atoms with Crippen molar-refractivity contribution in [1.29, 1.82) is 0 Å². The van der Waals surface area contributed by atoms with E-state index in [2.05, 4.69) is 50.5 Å². The van der Waals surface area contributed by atoms with Crippen LogP contribution in [0.4, 0.5) is 5.69 Å². The quantitative estimate of drug-likeness (QED) is 0.206. The first kappa shape index (κ1) is 25.7. The highest BCUT2D eigenvalue weighted by molar-refractivity contribution is 9.10. The largest absolute Gasteiger partial charge is 0.507 e. The molecule has 0 aliphatic carbocycles. The van der Waals surface area contributed by atoms with Crippen LogP contribution in [0.5, 0.6) is 5.75 Å². The highest BCUT2D eigenvalue weighted by atomic mass is 79.9. The molecule has 0 spiro atoms. The maximum absolute atomic E-state index is 12.9. The first-order chi connectivity index (χ1) is 16.9. The molecule has 3 aromatic carbocycles. The van der Waals surface area contributed by atoms with Crippen molar-refractivity contribution in [3.05, 3.63) is 99.7 Å². The molecule has 0 atom stereocenters. The van der Waals surface area contributed by atoms with Gasteiger partial charge in [0.1, 0.15) is 11.4 Å². The van der Waals surface area contributed by atoms with Gasteiger partial charge in [-0.05, 0) is 89.4 Å². The molecule has 0 aliphatic heterocycles. The Morgan fingerprint density at radius 2 is 1.63 bits per heavy atom. The molecule has 0 saturated heterocycles. The van der Waals surface area contributed by atoms with E-state index in [4.69, 9.17) is 0 Å². The number of amides is 2. The summed E-state index contributed by atoms with van der Waals surface area (Å²) < 4.78 is 0.511. The molecule has 3 aromatic rings. The molecule has 0 aliphatic rings. The molecule has 0 aromatic heterocycles. The molecule has 180 valence electrons. The first-order valence-corrected chi connectivity index (χ1v) is 12.0. The summed E-state index contributed by atoms with van der Waals surface area (Å²) in [7, 11) is 0. The maximum Gasteiger partial charge on any atom is 0.287 e. The van der Waals surface area contributed by atoms with Gasteiger partial charge in [-0.25, -0.2) is 5.43 Å². The summed E-state index contributed by atoms with van der Waals surface area (Å²) in [5, 5.41) is 16.3. The number of carbonyl (C=O) groups excluding carboxylic acids is 2. The number of aromatic hydroxyl groups is 1. The summed E-state index contributed by atoms with van der Waals surface area (Å²) in [5.41, 5.74) is 5.44. The van der Waals surface area contributed by atoms with Crippen LogP contribution in [0.25, 0.3) is 6.08 Å². The smallest absolute Gasteiger partial charge is 0.287 e. The van der Waals surface area contributed by atoms with Crippen LogP contribution in [0.3, 0.4) is 0 Å². The van der Waals surface area contributed by atoms with Crippen molar-refractivity contribution >= 4 is 45.7 Å². The second-order valence-corrected chi connectivity index (χ2v) is 8.41. The second-order valence-electron chi connectivity index (χ2n) is 7.55. The number of nitrogens with zero attached hydrogens (tertiary/aromatic N) is 2. The molecular weight excluding hydrogens is 508 g/mol. The van der Waals surface area contributed by atoms with Crippen LogP contribution in [0.15, 0.2) is 88.1 Å². The molecule has 3 N–H and O–H groups in total. The van der Waals surface area contributed by atoms with E-state index in [-0.39, 0.29) is 11.4 Å². The van der Waals surface area contributed by atoms with E-state index in [0.717, 1.165) is 24.3 Å². The van der Waals surface area contributed by atoms with Gasteiger partial charge in [0, 0.05) is 24.3 Å². The Morgan fingerprint density at radius 3 is 2.26 bits per heavy atom. The molecule has 0 saturated carbocycles. The fourth-order valence-electron chi connectivity index (χ4n) is 3.31. The topological polar surface area (TPSA) is 94.0 Å². The number of benzene rings is 3. The van der Waals surface area contributed by atoms with E-state index in [0.29, 0.717) is 15.6 Å². The van der Waals surface area contributed by atoms with Crippen LogP contribution in [0.2, 0.25) is 0 Å². The van der Waals surface area contributed by atoms with E-state index in [1.807, 2.05) is 30.3 Å². The van der Waals surface area contributed by atoms with Crippen molar-refractivity contribution < 1.29 is 14.7 Å². The molecule has 35 heavy (non-hydrogen) atoms. The van der Waals surface area contributed by atoms with E-state index in [1.165, 1.54) is 12.3 Å². The third-order valence-electron chi connectivity index (χ3n) is 5.21. The number of anilines is 1. The Morgan fingerprint density at radius 1 is 0.971 bits per heavy atom. The summed E-state index contributed by atoms with van der Waals surface area (Å²) in [4.78, 5) is 27.9. The average molecular weight is 535 g/mol. The Bertz CT molecular complexity index is 1220. The van der Waals surface area contributed by atoms with Gasteiger partial charge in [-0.15, -0.1) is 0 Å². The van der Waals surface area contributed by atoms with Crippen molar-refractivity contribution in [3.8, 4) is 5.75 Å². The van der Waals surface area contributed by atoms with Crippen molar-refractivity contribution in [2.45, 2.75) is 13.8 Å². The van der Waals surface area contributed by atoms with Crippen molar-refractivity contribution in [1.82, 2.24) is 10.7 Å². The zero-order chi connectivity index (χ0) is 25.2. The number of halogens is 1. The lowest BCUT2D eigenvalue weighted by Gasteiger charge is -2.20. The molecular formula is C27H27BrN4O3. The number of hydrazone groups is 1. The first-order valence-electron chi connectivity index (χ1n) is 11.2. The summed E-state index contributed by atoms with van der Waals surface area (Å²) >= 11 is 3.24. The normalized spacial score (nSPS) is 11.3. The Kier molecular flexibility index (Phi) is 9.20. The fourth-order valence-corrected chi connectivity index (χ4v) is 3.70. The number of rotatable bonds is 9. The molecule has 3 rings (SSSR count). The van der Waals surface area contributed by atoms with Crippen LogP contribution >= 0.6 is 15.9 Å². The summed E-state index contributed by atoms with van der Waals surface area (Å²) in [5.74, 6) is -0.874. The van der Waals surface area contributed by atoms with Gasteiger partial charge in [-0.2, -0.15) is 5.10 Å². The molecule has 0 radical (unpaired) electrons. The summed E-state index contributed by atoms with van der Waals surface area (Å²) in [6.07, 6.45) is 3.05. The maximum atomic E-state index is 12.9. The minimum atomic E-state index is -0.573. The van der Waals surface area contributed by atoms with Gasteiger partial charge in [0.05, 0.1) is 10.7 Å². The highest BCUT2D eigenvalue weighted by Gasteiger charge is 2.14.